The number of benzene rings is 1. The molecule has 1 aromatic carbocycles. The van der Waals surface area contributed by atoms with Crippen LogP contribution in [0, 0.1) is 5.92 Å². The Morgan fingerprint density at radius 2 is 1.50 bits per heavy atom. The summed E-state index contributed by atoms with van der Waals surface area (Å²) in [4.78, 5) is 11.4. The second kappa shape index (κ2) is 45.0. The van der Waals surface area contributed by atoms with Crippen LogP contribution in [0.1, 0.15) is 171 Å². The first-order chi connectivity index (χ1) is 22.1. The van der Waals surface area contributed by atoms with Crippen molar-refractivity contribution in [3.05, 3.63) is 66.3 Å². The van der Waals surface area contributed by atoms with Crippen LogP contribution in [0.15, 0.2) is 55.2 Å². The molecule has 1 aliphatic heterocycles. The van der Waals surface area contributed by atoms with E-state index in [1.807, 2.05) is 47.6 Å². The number of allylic oxidation sites excluding steroid dienone is 4. The van der Waals surface area contributed by atoms with Crippen molar-refractivity contribution in [1.82, 2.24) is 4.90 Å². The second-order valence-electron chi connectivity index (χ2n) is 11.5. The highest BCUT2D eigenvalue weighted by Crippen LogP contribution is 2.34. The van der Waals surface area contributed by atoms with Gasteiger partial charge in [0.25, 0.3) is 0 Å². The van der Waals surface area contributed by atoms with E-state index in [4.69, 9.17) is 4.74 Å². The fourth-order valence-electron chi connectivity index (χ4n) is 4.39. The Morgan fingerprint density at radius 1 is 0.957 bits per heavy atom. The molecule has 0 aromatic heterocycles. The molecule has 3 heteroatoms. The Kier molecular flexibility index (Phi) is 52.2. The summed E-state index contributed by atoms with van der Waals surface area (Å²) in [6.07, 6.45) is 21.4. The first kappa shape index (κ1) is 53.4. The molecular weight excluding hydrogens is 562 g/mol. The average Bonchev–Trinajstić information content (AvgIpc) is 3.54. The van der Waals surface area contributed by atoms with Crippen LogP contribution in [0.25, 0.3) is 0 Å². The number of hydrogen-bond donors (Lipinski definition) is 0. The lowest BCUT2D eigenvalue weighted by atomic mass is 9.84. The third-order valence-electron chi connectivity index (χ3n) is 6.88. The predicted octanol–water partition coefficient (Wildman–Crippen LogP) is 13.8. The van der Waals surface area contributed by atoms with Crippen LogP contribution < -0.4 is 4.74 Å². The van der Waals surface area contributed by atoms with Crippen molar-refractivity contribution in [2.45, 2.75) is 166 Å². The first-order valence-corrected chi connectivity index (χ1v) is 18.8. The van der Waals surface area contributed by atoms with Gasteiger partial charge in [0, 0.05) is 12.8 Å². The van der Waals surface area contributed by atoms with Crippen LogP contribution >= 0.6 is 0 Å². The van der Waals surface area contributed by atoms with Crippen LogP contribution in [-0.4, -0.2) is 38.4 Å². The second-order valence-corrected chi connectivity index (χ2v) is 11.5. The molecule has 0 amide bonds. The Hall–Kier alpha value is -2.13. The maximum absolute atomic E-state index is 9.17. The maximum atomic E-state index is 9.17. The number of fused-ring (bicyclic) bond motifs is 1. The first-order valence-electron chi connectivity index (χ1n) is 18.8. The third-order valence-corrected chi connectivity index (χ3v) is 6.88. The number of hydrogen-bond acceptors (Lipinski definition) is 3. The van der Waals surface area contributed by atoms with Crippen LogP contribution in [0.2, 0.25) is 0 Å². The lowest BCUT2D eigenvalue weighted by Crippen LogP contribution is -2.12. The summed E-state index contributed by atoms with van der Waals surface area (Å²) in [5.74, 6) is 2.52. The zero-order valence-corrected chi connectivity index (χ0v) is 33.8. The summed E-state index contributed by atoms with van der Waals surface area (Å²) in [6, 6.07) is 6.82. The summed E-state index contributed by atoms with van der Waals surface area (Å²) < 4.78 is 5.62. The largest absolute Gasteiger partial charge is 0.493 e. The van der Waals surface area contributed by atoms with Gasteiger partial charge in [-0.1, -0.05) is 144 Å². The molecule has 46 heavy (non-hydrogen) atoms. The molecule has 0 spiro atoms. The zero-order chi connectivity index (χ0) is 36.6. The number of rotatable bonds is 15. The average molecular weight is 646 g/mol. The minimum atomic E-state index is 0.639. The summed E-state index contributed by atoms with van der Waals surface area (Å²) >= 11 is 0. The van der Waals surface area contributed by atoms with E-state index in [2.05, 4.69) is 98.0 Å². The molecule has 272 valence electrons. The maximum Gasteiger partial charge on any atom is 0.122 e. The van der Waals surface area contributed by atoms with E-state index in [0.29, 0.717) is 12.3 Å². The van der Waals surface area contributed by atoms with Gasteiger partial charge in [-0.2, -0.15) is 0 Å². The molecule has 0 radical (unpaired) electrons. The van der Waals surface area contributed by atoms with Crippen LogP contribution in [-0.2, 0) is 11.2 Å². The molecule has 0 N–H and O–H groups in total. The molecule has 2 rings (SSSR count). The third kappa shape index (κ3) is 38.1. The summed E-state index contributed by atoms with van der Waals surface area (Å²) in [6.45, 7) is 34.5. The number of nitrogens with zero attached hydrogens (tertiary/aromatic N) is 1. The van der Waals surface area contributed by atoms with Crippen molar-refractivity contribution >= 4 is 6.29 Å². The van der Waals surface area contributed by atoms with Crippen molar-refractivity contribution < 1.29 is 9.53 Å². The molecule has 0 fully saturated rings. The molecular formula is C43H83NO2. The van der Waals surface area contributed by atoms with E-state index in [-0.39, 0.29) is 0 Å². The molecule has 0 aliphatic carbocycles. The van der Waals surface area contributed by atoms with E-state index in [1.54, 1.807) is 6.08 Å². The smallest absolute Gasteiger partial charge is 0.122 e. The monoisotopic (exact) mass is 646 g/mol. The molecule has 0 saturated heterocycles. The van der Waals surface area contributed by atoms with E-state index < -0.39 is 0 Å². The van der Waals surface area contributed by atoms with Crippen molar-refractivity contribution in [3.8, 4) is 5.75 Å². The predicted molar refractivity (Wildman–Crippen MR) is 214 cm³/mol. The molecule has 2 atom stereocenters. The standard InChI is InChI=1S/C21H30O.C7H17N.C5H12.C3H6O.C3H6.2C2H6/c1-5-7-16(3)8-9-17(4)14-18(6-2)19-10-11-21-20(15-19)12-13-22-21;1-4-5-6-7-8(2)3;1-3-5-4-2;1-2-3-4;1-3-2;2*1-2/h5,7,10-11,15,17-18H,1,6,8-9,12-14H2,2-4H3;4-7H2,1-3H3;3-5H2,1-2H3;3H,2H2,1H3;3H,1H2,2H3;2*1-2H3/b16-7+;;;;;;. The van der Waals surface area contributed by atoms with Gasteiger partial charge >= 0.3 is 0 Å². The van der Waals surface area contributed by atoms with Crippen LogP contribution in [0.5, 0.6) is 5.75 Å². The van der Waals surface area contributed by atoms with Gasteiger partial charge in [0.1, 0.15) is 12.0 Å². The normalized spacial score (nSPS) is 11.8. The quantitative estimate of drug-likeness (QED) is 0.0822. The Bertz CT molecular complexity index is 779. The summed E-state index contributed by atoms with van der Waals surface area (Å²) in [5.41, 5.74) is 4.33. The lowest BCUT2D eigenvalue weighted by Gasteiger charge is -2.21. The Labute approximate surface area is 291 Å². The fraction of sp³-hybridized carbons (Fsp3) is 0.698. The van der Waals surface area contributed by atoms with E-state index in [9.17, 15) is 4.79 Å². The van der Waals surface area contributed by atoms with Gasteiger partial charge in [-0.3, -0.25) is 0 Å². The highest BCUT2D eigenvalue weighted by atomic mass is 16.5. The van der Waals surface area contributed by atoms with Gasteiger partial charge in [-0.25, -0.2) is 0 Å². The molecule has 0 saturated carbocycles. The van der Waals surface area contributed by atoms with Crippen molar-refractivity contribution in [2.75, 3.05) is 27.2 Å². The minimum Gasteiger partial charge on any atom is -0.493 e. The minimum absolute atomic E-state index is 0.639. The van der Waals surface area contributed by atoms with Crippen molar-refractivity contribution in [1.29, 1.82) is 0 Å². The molecule has 1 aromatic rings. The van der Waals surface area contributed by atoms with Crippen molar-refractivity contribution in [2.24, 2.45) is 5.92 Å². The van der Waals surface area contributed by atoms with Gasteiger partial charge in [-0.15, -0.1) is 6.58 Å². The van der Waals surface area contributed by atoms with E-state index >= 15 is 0 Å². The molecule has 2 unspecified atom stereocenters. The zero-order valence-electron chi connectivity index (χ0n) is 33.8. The van der Waals surface area contributed by atoms with Gasteiger partial charge in [-0.05, 0) is 95.6 Å². The highest BCUT2D eigenvalue weighted by Gasteiger charge is 2.18. The SMILES string of the molecule is C=C/C=C(\C)CCC(C)CC(CC)c1ccc2c(c1)CCO2.C=CC.CC.CC.CCC=O.CCCCC.CCCCCN(C)C. The number of carbonyl (C=O) groups excluding carboxylic acids is 1. The number of unbranched alkanes of at least 4 members (excludes halogenated alkanes) is 4. The van der Waals surface area contributed by atoms with Crippen molar-refractivity contribution in [3.63, 3.8) is 0 Å². The number of ether oxygens (including phenoxy) is 1. The van der Waals surface area contributed by atoms with Gasteiger partial charge in [0.2, 0.25) is 0 Å². The number of aldehydes is 1. The van der Waals surface area contributed by atoms with Crippen LogP contribution in [0.3, 0.4) is 0 Å². The summed E-state index contributed by atoms with van der Waals surface area (Å²) in [5, 5.41) is 0. The number of carbonyl (C=O) groups is 1. The molecule has 3 nitrogen and oxygen atoms in total. The fourth-order valence-corrected chi connectivity index (χ4v) is 4.39. The topological polar surface area (TPSA) is 29.5 Å². The van der Waals surface area contributed by atoms with Gasteiger partial charge in [0.15, 0.2) is 0 Å². The Balaban J connectivity index is -0.000000192. The molecule has 0 bridgehead atoms. The van der Waals surface area contributed by atoms with E-state index in [0.717, 1.165) is 31.0 Å². The molecule has 1 aliphatic rings. The molecule has 1 heterocycles. The van der Waals surface area contributed by atoms with Crippen LogP contribution in [0.4, 0.5) is 0 Å². The summed E-state index contributed by atoms with van der Waals surface area (Å²) in [7, 11) is 4.24. The van der Waals surface area contributed by atoms with Gasteiger partial charge < -0.3 is 14.4 Å². The lowest BCUT2D eigenvalue weighted by molar-refractivity contribution is -0.107. The van der Waals surface area contributed by atoms with Gasteiger partial charge in [0.05, 0.1) is 6.61 Å². The Morgan fingerprint density at radius 3 is 1.91 bits per heavy atom. The highest BCUT2D eigenvalue weighted by molar-refractivity contribution is 5.48. The van der Waals surface area contributed by atoms with E-state index in [1.165, 1.54) is 87.5 Å².